The Morgan fingerprint density at radius 3 is 2.20 bits per heavy atom. The van der Waals surface area contributed by atoms with Gasteiger partial charge in [0.2, 0.25) is 11.6 Å². The number of ketones is 2. The van der Waals surface area contributed by atoms with E-state index in [1.807, 2.05) is 0 Å². The molecule has 0 saturated heterocycles. The van der Waals surface area contributed by atoms with Crippen molar-refractivity contribution in [1.82, 2.24) is 0 Å². The Balaban J connectivity index is 2.28. The predicted octanol–water partition coefficient (Wildman–Crippen LogP) is 4.16. The zero-order chi connectivity index (χ0) is 18.7. The molecule has 3 rings (SSSR count). The van der Waals surface area contributed by atoms with Gasteiger partial charge in [-0.2, -0.15) is 0 Å². The molecule has 8 heteroatoms. The van der Waals surface area contributed by atoms with Crippen LogP contribution in [0.1, 0.15) is 22.8 Å². The number of fused-ring (bicyclic) bond motifs is 1. The van der Waals surface area contributed by atoms with E-state index in [0.29, 0.717) is 11.3 Å². The fourth-order valence-electron chi connectivity index (χ4n) is 3.06. The van der Waals surface area contributed by atoms with Crippen molar-refractivity contribution >= 4 is 46.4 Å². The SMILES string of the molecule is COC1=C(Cl)C(=O)C2(Oc3cc(OC)c(Cl)c(C)c3C2=O)C(C)=C1Cl. The first-order valence-corrected chi connectivity index (χ1v) is 8.32. The monoisotopic (exact) mass is 402 g/mol. The van der Waals surface area contributed by atoms with E-state index >= 15 is 0 Å². The third-order valence-electron chi connectivity index (χ3n) is 4.44. The molecule has 1 atom stereocenters. The van der Waals surface area contributed by atoms with Crippen LogP contribution in [-0.4, -0.2) is 31.4 Å². The van der Waals surface area contributed by atoms with Crippen LogP contribution in [0.15, 0.2) is 27.5 Å². The van der Waals surface area contributed by atoms with Gasteiger partial charge in [0.05, 0.1) is 29.8 Å². The van der Waals surface area contributed by atoms with E-state index in [4.69, 9.17) is 49.0 Å². The molecule has 5 nitrogen and oxygen atoms in total. The van der Waals surface area contributed by atoms with Gasteiger partial charge in [-0.05, 0) is 19.4 Å². The maximum Gasteiger partial charge on any atom is 0.257 e. The van der Waals surface area contributed by atoms with Crippen LogP contribution >= 0.6 is 34.8 Å². The van der Waals surface area contributed by atoms with Gasteiger partial charge in [-0.25, -0.2) is 0 Å². The van der Waals surface area contributed by atoms with Crippen LogP contribution in [0.25, 0.3) is 0 Å². The summed E-state index contributed by atoms with van der Waals surface area (Å²) in [7, 11) is 2.78. The second kappa shape index (κ2) is 5.94. The quantitative estimate of drug-likeness (QED) is 0.694. The van der Waals surface area contributed by atoms with Crippen LogP contribution in [0, 0.1) is 6.92 Å². The molecule has 1 aromatic carbocycles. The van der Waals surface area contributed by atoms with Crippen molar-refractivity contribution < 1.29 is 23.8 Å². The lowest BCUT2D eigenvalue weighted by molar-refractivity contribution is -0.123. The van der Waals surface area contributed by atoms with E-state index in [2.05, 4.69) is 0 Å². The maximum absolute atomic E-state index is 13.2. The van der Waals surface area contributed by atoms with Crippen molar-refractivity contribution in [2.45, 2.75) is 19.4 Å². The highest BCUT2D eigenvalue weighted by atomic mass is 35.5. The third kappa shape index (κ3) is 2.16. The first-order valence-electron chi connectivity index (χ1n) is 7.19. The number of allylic oxidation sites excluding steroid dienone is 1. The van der Waals surface area contributed by atoms with E-state index < -0.39 is 17.2 Å². The van der Waals surface area contributed by atoms with Crippen molar-refractivity contribution in [3.8, 4) is 11.5 Å². The number of carbonyl (C=O) groups is 2. The summed E-state index contributed by atoms with van der Waals surface area (Å²) in [5.74, 6) is -0.775. The van der Waals surface area contributed by atoms with Gasteiger partial charge in [-0.15, -0.1) is 0 Å². The van der Waals surface area contributed by atoms with E-state index in [1.165, 1.54) is 27.2 Å². The summed E-state index contributed by atoms with van der Waals surface area (Å²) in [6.07, 6.45) is 0. The second-order valence-electron chi connectivity index (χ2n) is 5.62. The Hall–Kier alpha value is -1.69. The molecule has 0 saturated carbocycles. The number of hydrogen-bond donors (Lipinski definition) is 0. The number of halogens is 3. The van der Waals surface area contributed by atoms with Crippen LogP contribution in [0.3, 0.4) is 0 Å². The van der Waals surface area contributed by atoms with Crippen molar-refractivity contribution in [2.75, 3.05) is 14.2 Å². The molecule has 1 heterocycles. The molecule has 0 N–H and O–H groups in total. The van der Waals surface area contributed by atoms with Gasteiger partial charge >= 0.3 is 0 Å². The predicted molar refractivity (Wildman–Crippen MR) is 93.9 cm³/mol. The number of hydrogen-bond acceptors (Lipinski definition) is 5. The number of methoxy groups -OCH3 is 2. The first-order chi connectivity index (χ1) is 11.7. The molecule has 1 unspecified atom stereocenters. The van der Waals surface area contributed by atoms with Gasteiger partial charge < -0.3 is 14.2 Å². The standard InChI is InChI=1S/C17H13Cl3O5/c1-6-10-8(5-9(23-3)11(6)18)25-17(15(10)21)7(2)12(19)14(24-4)13(20)16(17)22/h5H,1-4H3. The molecule has 1 aliphatic carbocycles. The van der Waals surface area contributed by atoms with Gasteiger partial charge in [-0.1, -0.05) is 34.8 Å². The summed E-state index contributed by atoms with van der Waals surface area (Å²) < 4.78 is 16.1. The Bertz CT molecular complexity index is 900. The lowest BCUT2D eigenvalue weighted by atomic mass is 9.80. The molecule has 1 aliphatic heterocycles. The van der Waals surface area contributed by atoms with E-state index in [9.17, 15) is 9.59 Å². The van der Waals surface area contributed by atoms with E-state index in [-0.39, 0.29) is 37.7 Å². The van der Waals surface area contributed by atoms with Gasteiger partial charge in [0.1, 0.15) is 16.5 Å². The molecule has 0 radical (unpaired) electrons. The summed E-state index contributed by atoms with van der Waals surface area (Å²) in [6.45, 7) is 3.18. The van der Waals surface area contributed by atoms with Gasteiger partial charge in [0, 0.05) is 11.6 Å². The minimum absolute atomic E-state index is 0.0103. The van der Waals surface area contributed by atoms with Crippen molar-refractivity contribution in [2.24, 2.45) is 0 Å². The summed E-state index contributed by atoms with van der Waals surface area (Å²) in [5.41, 5.74) is -1.10. The fraction of sp³-hybridized carbons (Fsp3) is 0.294. The minimum Gasteiger partial charge on any atom is -0.495 e. The molecule has 2 aliphatic rings. The van der Waals surface area contributed by atoms with Gasteiger partial charge in [-0.3, -0.25) is 9.59 Å². The minimum atomic E-state index is -1.96. The Labute approximate surface area is 159 Å². The highest BCUT2D eigenvalue weighted by molar-refractivity contribution is 6.50. The average molecular weight is 404 g/mol. The van der Waals surface area contributed by atoms with Gasteiger partial charge in [0.25, 0.3) is 5.60 Å². The number of carbonyl (C=O) groups excluding carboxylic acids is 2. The Morgan fingerprint density at radius 1 is 1.00 bits per heavy atom. The van der Waals surface area contributed by atoms with Gasteiger partial charge in [0.15, 0.2) is 5.76 Å². The number of rotatable bonds is 2. The van der Waals surface area contributed by atoms with Crippen LogP contribution in [0.2, 0.25) is 5.02 Å². The highest BCUT2D eigenvalue weighted by Gasteiger charge is 2.60. The summed E-state index contributed by atoms with van der Waals surface area (Å²) in [5, 5.41) is 0.0319. The Kier molecular flexibility index (Phi) is 4.30. The molecule has 1 aromatic rings. The molecule has 1 spiro atoms. The summed E-state index contributed by atoms with van der Waals surface area (Å²) in [6, 6.07) is 1.47. The molecule has 0 fully saturated rings. The lowest BCUT2D eigenvalue weighted by Crippen LogP contribution is -2.51. The Morgan fingerprint density at radius 2 is 1.64 bits per heavy atom. The number of ether oxygens (including phenoxy) is 3. The van der Waals surface area contributed by atoms with Crippen molar-refractivity contribution in [3.05, 3.63) is 43.6 Å². The van der Waals surface area contributed by atoms with E-state index in [0.717, 1.165) is 0 Å². The molecular formula is C17H13Cl3O5. The van der Waals surface area contributed by atoms with Crippen molar-refractivity contribution in [1.29, 1.82) is 0 Å². The molecule has 0 bridgehead atoms. The number of Topliss-reactive ketones (excluding diaryl/α,β-unsaturated/α-hetero) is 2. The topological polar surface area (TPSA) is 61.8 Å². The van der Waals surface area contributed by atoms with Crippen LogP contribution < -0.4 is 9.47 Å². The maximum atomic E-state index is 13.2. The molecular weight excluding hydrogens is 391 g/mol. The number of benzene rings is 1. The van der Waals surface area contributed by atoms with Crippen LogP contribution in [0.4, 0.5) is 0 Å². The summed E-state index contributed by atoms with van der Waals surface area (Å²) >= 11 is 18.6. The molecule has 132 valence electrons. The molecule has 25 heavy (non-hydrogen) atoms. The van der Waals surface area contributed by atoms with Crippen LogP contribution in [-0.2, 0) is 9.53 Å². The summed E-state index contributed by atoms with van der Waals surface area (Å²) in [4.78, 5) is 26.1. The largest absolute Gasteiger partial charge is 0.495 e. The molecule has 0 aromatic heterocycles. The lowest BCUT2D eigenvalue weighted by Gasteiger charge is -2.31. The zero-order valence-electron chi connectivity index (χ0n) is 13.8. The third-order valence-corrected chi connectivity index (χ3v) is 5.71. The molecule has 0 amide bonds. The fourth-order valence-corrected chi connectivity index (χ4v) is 3.94. The first kappa shape index (κ1) is 18.1. The zero-order valence-corrected chi connectivity index (χ0v) is 16.0. The smallest absolute Gasteiger partial charge is 0.257 e. The normalized spacial score (nSPS) is 22.5. The second-order valence-corrected chi connectivity index (χ2v) is 6.75. The van der Waals surface area contributed by atoms with Crippen molar-refractivity contribution in [3.63, 3.8) is 0 Å². The average Bonchev–Trinajstić information content (AvgIpc) is 2.89. The highest BCUT2D eigenvalue weighted by Crippen LogP contribution is 2.50. The van der Waals surface area contributed by atoms with E-state index in [1.54, 1.807) is 6.92 Å². The van der Waals surface area contributed by atoms with Crippen LogP contribution in [0.5, 0.6) is 11.5 Å².